The van der Waals surface area contributed by atoms with Crippen LogP contribution in [-0.4, -0.2) is 29.9 Å². The van der Waals surface area contributed by atoms with Crippen LogP contribution in [-0.2, 0) is 4.79 Å². The first-order chi connectivity index (χ1) is 4.75. The van der Waals surface area contributed by atoms with E-state index in [0.717, 1.165) is 13.0 Å². The number of nitrogens with two attached hydrogens (primary N) is 1. The fourth-order valence-corrected chi connectivity index (χ4v) is 1.10. The molecule has 0 bridgehead atoms. The summed E-state index contributed by atoms with van der Waals surface area (Å²) < 4.78 is 0. The summed E-state index contributed by atoms with van der Waals surface area (Å²) in [6, 6.07) is -0.264. The Balaban J connectivity index is 2.48. The van der Waals surface area contributed by atoms with Crippen LogP contribution < -0.4 is 5.73 Å². The first kappa shape index (κ1) is 7.28. The van der Waals surface area contributed by atoms with Gasteiger partial charge in [-0.25, -0.2) is 0 Å². The largest absolute Gasteiger partial charge is 0.338 e. The fourth-order valence-electron chi connectivity index (χ4n) is 1.10. The van der Waals surface area contributed by atoms with Crippen molar-refractivity contribution >= 4 is 5.91 Å². The second kappa shape index (κ2) is 2.84. The summed E-state index contributed by atoms with van der Waals surface area (Å²) in [7, 11) is 0. The minimum atomic E-state index is -0.264. The number of nitrogens with zero attached hydrogens (tertiary/aromatic N) is 1. The Kier molecular flexibility index (Phi) is 2.06. The number of carbonyl (C=O) groups is 1. The van der Waals surface area contributed by atoms with Crippen LogP contribution in [0, 0.1) is 0 Å². The maximum absolute atomic E-state index is 11.0. The first-order valence-electron chi connectivity index (χ1n) is 3.41. The van der Waals surface area contributed by atoms with E-state index in [1.165, 1.54) is 0 Å². The van der Waals surface area contributed by atoms with Gasteiger partial charge in [-0.1, -0.05) is 6.08 Å². The molecule has 1 saturated heterocycles. The van der Waals surface area contributed by atoms with Crippen molar-refractivity contribution in [3.63, 3.8) is 0 Å². The molecule has 0 aromatic heterocycles. The molecule has 0 aromatic rings. The average Bonchev–Trinajstić information content (AvgIpc) is 2.20. The van der Waals surface area contributed by atoms with E-state index >= 15 is 0 Å². The van der Waals surface area contributed by atoms with Crippen LogP contribution in [0.3, 0.4) is 0 Å². The molecule has 1 heterocycles. The lowest BCUT2D eigenvalue weighted by molar-refractivity contribution is -0.128. The molecule has 0 radical (unpaired) electrons. The summed E-state index contributed by atoms with van der Waals surface area (Å²) in [6.07, 6.45) is 2.50. The van der Waals surface area contributed by atoms with Crippen molar-refractivity contribution in [3.8, 4) is 0 Å². The summed E-state index contributed by atoms with van der Waals surface area (Å²) in [5.41, 5.74) is 5.47. The van der Waals surface area contributed by atoms with Gasteiger partial charge in [0.25, 0.3) is 0 Å². The molecule has 0 saturated carbocycles. The zero-order chi connectivity index (χ0) is 7.56. The van der Waals surface area contributed by atoms with Crippen LogP contribution in [0.15, 0.2) is 12.7 Å². The molecule has 1 aliphatic heterocycles. The maximum atomic E-state index is 11.0. The van der Waals surface area contributed by atoms with Gasteiger partial charge in [0.05, 0.1) is 6.04 Å². The van der Waals surface area contributed by atoms with Gasteiger partial charge in [-0.05, 0) is 6.42 Å². The Bertz CT molecular complexity index is 156. The first-order valence-corrected chi connectivity index (χ1v) is 3.41. The molecule has 1 unspecified atom stereocenters. The third-order valence-electron chi connectivity index (χ3n) is 1.69. The Morgan fingerprint density at radius 2 is 2.60 bits per heavy atom. The van der Waals surface area contributed by atoms with Crippen LogP contribution in [0.4, 0.5) is 0 Å². The lowest BCUT2D eigenvalue weighted by Gasteiger charge is -2.11. The number of hydrogen-bond donors (Lipinski definition) is 1. The van der Waals surface area contributed by atoms with Gasteiger partial charge in [-0.2, -0.15) is 0 Å². The predicted molar refractivity (Wildman–Crippen MR) is 39.4 cm³/mol. The summed E-state index contributed by atoms with van der Waals surface area (Å²) in [6.45, 7) is 4.96. The lowest BCUT2D eigenvalue weighted by Crippen LogP contribution is -2.33. The molecular formula is C7H12N2O. The van der Waals surface area contributed by atoms with Crippen molar-refractivity contribution in [1.82, 2.24) is 4.90 Å². The minimum absolute atomic E-state index is 0.0555. The Morgan fingerprint density at radius 3 is 3.00 bits per heavy atom. The third-order valence-corrected chi connectivity index (χ3v) is 1.69. The van der Waals surface area contributed by atoms with Gasteiger partial charge < -0.3 is 10.6 Å². The molecule has 10 heavy (non-hydrogen) atoms. The van der Waals surface area contributed by atoms with E-state index in [0.29, 0.717) is 6.54 Å². The van der Waals surface area contributed by atoms with Gasteiger partial charge in [0.1, 0.15) is 0 Å². The van der Waals surface area contributed by atoms with Gasteiger partial charge in [0.2, 0.25) is 5.91 Å². The van der Waals surface area contributed by atoms with Crippen LogP contribution in [0.2, 0.25) is 0 Å². The van der Waals surface area contributed by atoms with E-state index in [4.69, 9.17) is 5.73 Å². The molecule has 56 valence electrons. The average molecular weight is 140 g/mol. The SMILES string of the molecule is C=CCN1CCC(N)C1=O. The zero-order valence-electron chi connectivity index (χ0n) is 5.92. The molecule has 1 aliphatic rings. The normalized spacial score (nSPS) is 25.5. The van der Waals surface area contributed by atoms with Crippen LogP contribution >= 0.6 is 0 Å². The highest BCUT2D eigenvalue weighted by molar-refractivity contribution is 5.83. The van der Waals surface area contributed by atoms with Crippen molar-refractivity contribution in [2.45, 2.75) is 12.5 Å². The molecule has 3 heteroatoms. The summed E-state index contributed by atoms with van der Waals surface area (Å²) in [5.74, 6) is 0.0555. The fraction of sp³-hybridized carbons (Fsp3) is 0.571. The molecule has 0 aliphatic carbocycles. The summed E-state index contributed by atoms with van der Waals surface area (Å²) in [4.78, 5) is 12.8. The highest BCUT2D eigenvalue weighted by atomic mass is 16.2. The van der Waals surface area contributed by atoms with E-state index in [-0.39, 0.29) is 11.9 Å². The summed E-state index contributed by atoms with van der Waals surface area (Å²) >= 11 is 0. The maximum Gasteiger partial charge on any atom is 0.239 e. The molecule has 1 amide bonds. The molecule has 1 rings (SSSR count). The van der Waals surface area contributed by atoms with Crippen molar-refractivity contribution in [2.24, 2.45) is 5.73 Å². The number of carbonyl (C=O) groups excluding carboxylic acids is 1. The van der Waals surface area contributed by atoms with Crippen LogP contribution in [0.5, 0.6) is 0 Å². The second-order valence-corrected chi connectivity index (χ2v) is 2.47. The van der Waals surface area contributed by atoms with Gasteiger partial charge in [-0.15, -0.1) is 6.58 Å². The Morgan fingerprint density at radius 1 is 1.90 bits per heavy atom. The standard InChI is InChI=1S/C7H12N2O/c1-2-4-9-5-3-6(8)7(9)10/h2,6H,1,3-5,8H2. The molecular weight excluding hydrogens is 128 g/mol. The van der Waals surface area contributed by atoms with Gasteiger partial charge in [0.15, 0.2) is 0 Å². The molecule has 1 atom stereocenters. The van der Waals surface area contributed by atoms with Crippen LogP contribution in [0.25, 0.3) is 0 Å². The van der Waals surface area contributed by atoms with Crippen molar-refractivity contribution in [1.29, 1.82) is 0 Å². The van der Waals surface area contributed by atoms with E-state index in [1.807, 2.05) is 0 Å². The highest BCUT2D eigenvalue weighted by Crippen LogP contribution is 2.07. The third kappa shape index (κ3) is 1.19. The topological polar surface area (TPSA) is 46.3 Å². The van der Waals surface area contributed by atoms with Gasteiger partial charge >= 0.3 is 0 Å². The van der Waals surface area contributed by atoms with Crippen molar-refractivity contribution in [3.05, 3.63) is 12.7 Å². The minimum Gasteiger partial charge on any atom is -0.338 e. The number of amides is 1. The van der Waals surface area contributed by atoms with E-state index in [9.17, 15) is 4.79 Å². The molecule has 1 fully saturated rings. The van der Waals surface area contributed by atoms with E-state index in [1.54, 1.807) is 11.0 Å². The smallest absolute Gasteiger partial charge is 0.239 e. The zero-order valence-corrected chi connectivity index (χ0v) is 5.92. The monoisotopic (exact) mass is 140 g/mol. The molecule has 0 aromatic carbocycles. The predicted octanol–water partition coefficient (Wildman–Crippen LogP) is -0.268. The molecule has 2 N–H and O–H groups in total. The van der Waals surface area contributed by atoms with Gasteiger partial charge in [-0.3, -0.25) is 4.79 Å². The Hall–Kier alpha value is -0.830. The summed E-state index contributed by atoms with van der Waals surface area (Å²) in [5, 5.41) is 0. The number of rotatable bonds is 2. The Labute approximate surface area is 60.5 Å². The molecule has 0 spiro atoms. The lowest BCUT2D eigenvalue weighted by atomic mass is 10.3. The second-order valence-electron chi connectivity index (χ2n) is 2.47. The molecule has 3 nitrogen and oxygen atoms in total. The quantitative estimate of drug-likeness (QED) is 0.537. The highest BCUT2D eigenvalue weighted by Gasteiger charge is 2.26. The van der Waals surface area contributed by atoms with E-state index in [2.05, 4.69) is 6.58 Å². The number of hydrogen-bond acceptors (Lipinski definition) is 2. The van der Waals surface area contributed by atoms with Gasteiger partial charge in [0, 0.05) is 13.1 Å². The van der Waals surface area contributed by atoms with Crippen molar-refractivity contribution in [2.75, 3.05) is 13.1 Å². The van der Waals surface area contributed by atoms with Crippen LogP contribution in [0.1, 0.15) is 6.42 Å². The van der Waals surface area contributed by atoms with Crippen molar-refractivity contribution < 1.29 is 4.79 Å². The number of likely N-dealkylation sites (tertiary alicyclic amines) is 1. The van der Waals surface area contributed by atoms with E-state index < -0.39 is 0 Å².